The van der Waals surface area contributed by atoms with Gasteiger partial charge in [0.1, 0.15) is 5.78 Å². The maximum Gasteiger partial charge on any atom is 0.251 e. The Hall–Kier alpha value is -4.28. The van der Waals surface area contributed by atoms with Crippen LogP contribution in [0, 0.1) is 35.5 Å². The monoisotopic (exact) mass is 962 g/mol. The van der Waals surface area contributed by atoms with Crippen LogP contribution in [0.2, 0.25) is 0 Å². The smallest absolute Gasteiger partial charge is 0.251 e. The van der Waals surface area contributed by atoms with E-state index in [-0.39, 0.29) is 91.5 Å². The maximum atomic E-state index is 14.5. The molecule has 0 unspecified atom stereocenters. The molecule has 0 spiro atoms. The second kappa shape index (κ2) is 26.8. The highest BCUT2D eigenvalue weighted by molar-refractivity contribution is 5.93. The fraction of sp³-hybridized carbons (Fsp3) is 0.704. The van der Waals surface area contributed by atoms with Crippen molar-refractivity contribution in [3.63, 3.8) is 0 Å². The Balaban J connectivity index is 1.17. The van der Waals surface area contributed by atoms with Crippen molar-refractivity contribution in [2.45, 2.75) is 135 Å². The van der Waals surface area contributed by atoms with Crippen LogP contribution in [0.15, 0.2) is 54.8 Å². The minimum atomic E-state index is -0.644. The molecule has 4 aliphatic rings. The number of likely N-dealkylation sites (tertiary alicyclic amines) is 2. The van der Waals surface area contributed by atoms with Crippen molar-refractivity contribution in [1.82, 2.24) is 24.9 Å². The second-order valence-corrected chi connectivity index (χ2v) is 20.3. The van der Waals surface area contributed by atoms with Crippen LogP contribution in [0.25, 0.3) is 0 Å². The van der Waals surface area contributed by atoms with Crippen LogP contribution >= 0.6 is 0 Å². The van der Waals surface area contributed by atoms with E-state index < -0.39 is 36.0 Å². The van der Waals surface area contributed by atoms with E-state index in [4.69, 9.17) is 18.9 Å². The fourth-order valence-corrected chi connectivity index (χ4v) is 11.4. The van der Waals surface area contributed by atoms with Crippen LogP contribution in [0.3, 0.4) is 0 Å². The van der Waals surface area contributed by atoms with Crippen molar-refractivity contribution in [2.24, 2.45) is 35.5 Å². The lowest BCUT2D eigenvalue weighted by Crippen LogP contribution is -2.54. The van der Waals surface area contributed by atoms with E-state index in [1.165, 1.54) is 6.08 Å². The molecule has 3 aliphatic heterocycles. The van der Waals surface area contributed by atoms with E-state index in [1.807, 2.05) is 63.1 Å². The quantitative estimate of drug-likeness (QED) is 0.0970. The molecule has 1 N–H and O–H groups in total. The molecule has 0 radical (unpaired) electrons. The molecular formula is C54H83N5O10. The highest BCUT2D eigenvalue weighted by Gasteiger charge is 2.48. The van der Waals surface area contributed by atoms with E-state index >= 15 is 0 Å². The van der Waals surface area contributed by atoms with E-state index in [0.29, 0.717) is 63.4 Å². The number of fused-ring (bicyclic) bond motifs is 2. The Bertz CT molecular complexity index is 1910. The summed E-state index contributed by atoms with van der Waals surface area (Å²) in [4.78, 5) is 90.1. The van der Waals surface area contributed by atoms with Gasteiger partial charge in [-0.1, -0.05) is 78.0 Å². The van der Waals surface area contributed by atoms with Gasteiger partial charge in [0.25, 0.3) is 5.91 Å². The van der Waals surface area contributed by atoms with Crippen LogP contribution in [0.4, 0.5) is 0 Å². The Morgan fingerprint density at radius 3 is 2.22 bits per heavy atom. The average Bonchev–Trinajstić information content (AvgIpc) is 4.15. The van der Waals surface area contributed by atoms with Crippen LogP contribution in [0.5, 0.6) is 0 Å². The minimum Gasteiger partial charge on any atom is -0.379 e. The number of nitrogens with one attached hydrogen (secondary N) is 1. The van der Waals surface area contributed by atoms with Crippen LogP contribution < -0.4 is 5.32 Å². The molecule has 1 saturated carbocycles. The third-order valence-corrected chi connectivity index (χ3v) is 15.7. The number of piperidine rings is 1. The number of methoxy groups -OCH3 is 2. The first-order valence-corrected chi connectivity index (χ1v) is 25.6. The molecule has 4 amide bonds. The van der Waals surface area contributed by atoms with E-state index in [1.54, 1.807) is 37.1 Å². The number of benzene rings is 1. The number of ketones is 2. The summed E-state index contributed by atoms with van der Waals surface area (Å²) in [5.41, 5.74) is 1.58. The van der Waals surface area contributed by atoms with Gasteiger partial charge in [-0.15, -0.1) is 0 Å². The summed E-state index contributed by atoms with van der Waals surface area (Å²) < 4.78 is 23.5. The SMILES string of the molecule is C=C1C=CC(=O)N1CCOCCOCCNC(=O)[C@@H](CC(=O)[C@H](C)[C@@H](OC)[C@@H]1CCCN1C(=O)C[C@@H](OC)[C@H]([C@@H](C)CC)N(C)C(=O)[C@@H](CC(=O)[C@@H]1[C@H]2CC[C@H](C2)N1C)C(C)C)Cc1ccccc1. The summed E-state index contributed by atoms with van der Waals surface area (Å²) in [5.74, 6) is -2.02. The van der Waals surface area contributed by atoms with Gasteiger partial charge in [-0.25, -0.2) is 0 Å². The molecule has 15 heteroatoms. The Morgan fingerprint density at radius 2 is 1.61 bits per heavy atom. The third kappa shape index (κ3) is 14.4. The number of nitrogens with zero attached hydrogens (tertiary/aromatic N) is 4. The van der Waals surface area contributed by atoms with Crippen LogP contribution in [-0.2, 0) is 54.1 Å². The molecule has 11 atom stereocenters. The molecule has 69 heavy (non-hydrogen) atoms. The van der Waals surface area contributed by atoms with E-state index in [2.05, 4.69) is 30.6 Å². The van der Waals surface area contributed by atoms with Crippen molar-refractivity contribution in [1.29, 1.82) is 0 Å². The number of carbonyl (C=O) groups excluding carboxylic acids is 6. The molecule has 3 heterocycles. The number of ether oxygens (including phenoxy) is 4. The molecule has 1 aromatic carbocycles. The first-order chi connectivity index (χ1) is 33.0. The van der Waals surface area contributed by atoms with Gasteiger partial charge in [-0.05, 0) is 75.0 Å². The van der Waals surface area contributed by atoms with Crippen LogP contribution in [-0.4, -0.2) is 166 Å². The highest BCUT2D eigenvalue weighted by Crippen LogP contribution is 2.43. The summed E-state index contributed by atoms with van der Waals surface area (Å²) >= 11 is 0. The van der Waals surface area contributed by atoms with Crippen molar-refractivity contribution in [3.8, 4) is 0 Å². The number of Topliss-reactive ketones (excluding diaryl/α,β-unsaturated/α-hetero) is 2. The normalized spacial score (nSPS) is 23.3. The number of rotatable bonds is 30. The lowest BCUT2D eigenvalue weighted by molar-refractivity contribution is -0.149. The van der Waals surface area contributed by atoms with Crippen molar-refractivity contribution >= 4 is 35.2 Å². The van der Waals surface area contributed by atoms with Crippen molar-refractivity contribution < 1.29 is 47.7 Å². The molecule has 2 bridgehead atoms. The summed E-state index contributed by atoms with van der Waals surface area (Å²) in [5, 5.41) is 2.96. The summed E-state index contributed by atoms with van der Waals surface area (Å²) in [7, 11) is 7.00. The molecule has 1 aromatic rings. The summed E-state index contributed by atoms with van der Waals surface area (Å²) in [6, 6.07) is 9.14. The lowest BCUT2D eigenvalue weighted by Gasteiger charge is -2.41. The molecule has 1 aliphatic carbocycles. The molecule has 5 rings (SSSR count). The van der Waals surface area contributed by atoms with Crippen molar-refractivity contribution in [2.75, 3.05) is 74.4 Å². The zero-order chi connectivity index (χ0) is 50.4. The fourth-order valence-electron chi connectivity index (χ4n) is 11.4. The average molecular weight is 962 g/mol. The summed E-state index contributed by atoms with van der Waals surface area (Å²) in [6.45, 7) is 16.2. The van der Waals surface area contributed by atoms with Gasteiger partial charge in [-0.3, -0.25) is 33.7 Å². The largest absolute Gasteiger partial charge is 0.379 e. The predicted octanol–water partition coefficient (Wildman–Crippen LogP) is 5.50. The zero-order valence-corrected chi connectivity index (χ0v) is 43.1. The Morgan fingerprint density at radius 1 is 0.899 bits per heavy atom. The Labute approximate surface area is 412 Å². The zero-order valence-electron chi connectivity index (χ0n) is 43.1. The number of carbonyl (C=O) groups is 6. The van der Waals surface area contributed by atoms with E-state index in [0.717, 1.165) is 37.7 Å². The second-order valence-electron chi connectivity index (χ2n) is 20.3. The molecule has 3 fully saturated rings. The minimum absolute atomic E-state index is 0.00635. The van der Waals surface area contributed by atoms with Gasteiger partial charge in [0.2, 0.25) is 17.7 Å². The van der Waals surface area contributed by atoms with Gasteiger partial charge in [0.05, 0.1) is 63.2 Å². The van der Waals surface area contributed by atoms with Gasteiger partial charge in [0.15, 0.2) is 5.78 Å². The third-order valence-electron chi connectivity index (χ3n) is 15.7. The standard InChI is InChI=1S/C54H83N5O10/c1-11-36(4)50(57(8)54(65)43(35(2)3)33-46(61)51-40-20-21-42(31-40)56(51)7)47(66-9)34-49(63)59-24-15-18-44(59)52(67-10)38(6)45(60)32-41(30-39-16-13-12-14-17-39)53(64)55-23-26-68-28-29-69-27-25-58-37(5)19-22-48(58)62/h12-14,16-17,19,22,35-36,38,40-44,47,50-52H,5,11,15,18,20-21,23-34H2,1-4,6-10H3,(H,55,64)/t36-,38-,40-,41+,42+,43-,44-,47+,50-,51-,52+/m0/s1. The molecule has 2 saturated heterocycles. The van der Waals surface area contributed by atoms with E-state index in [9.17, 15) is 28.8 Å². The number of likely N-dealkylation sites (N-methyl/N-ethyl adjacent to an activating group) is 2. The molecule has 0 aromatic heterocycles. The molecular weight excluding hydrogens is 879 g/mol. The maximum absolute atomic E-state index is 14.5. The van der Waals surface area contributed by atoms with Gasteiger partial charge >= 0.3 is 0 Å². The number of hydrogen-bond acceptors (Lipinski definition) is 11. The van der Waals surface area contributed by atoms with Gasteiger partial charge in [0, 0.05) is 89.3 Å². The predicted molar refractivity (Wildman–Crippen MR) is 265 cm³/mol. The Kier molecular flexibility index (Phi) is 21.6. The van der Waals surface area contributed by atoms with Crippen molar-refractivity contribution in [3.05, 3.63) is 60.3 Å². The topological polar surface area (TPSA) is 164 Å². The number of allylic oxidation sites excluding steroid dienone is 1. The van der Waals surface area contributed by atoms with Gasteiger partial charge in [-0.2, -0.15) is 0 Å². The first-order valence-electron chi connectivity index (χ1n) is 25.6. The molecule has 15 nitrogen and oxygen atoms in total. The molecule has 384 valence electrons. The number of hydrogen-bond donors (Lipinski definition) is 1. The lowest BCUT2D eigenvalue weighted by atomic mass is 9.83. The highest BCUT2D eigenvalue weighted by atomic mass is 16.5. The van der Waals surface area contributed by atoms with Crippen LogP contribution in [0.1, 0.15) is 98.0 Å². The summed E-state index contributed by atoms with van der Waals surface area (Å²) in [6.07, 6.45) is 7.90. The van der Waals surface area contributed by atoms with Gasteiger partial charge < -0.3 is 39.0 Å². The number of amides is 4. The first kappa shape index (κ1) is 55.6.